The van der Waals surface area contributed by atoms with E-state index in [0.29, 0.717) is 0 Å². The third-order valence-corrected chi connectivity index (χ3v) is 5.20. The predicted molar refractivity (Wildman–Crippen MR) is 110 cm³/mol. The van der Waals surface area contributed by atoms with Crippen LogP contribution in [0.5, 0.6) is 28.7 Å². The highest BCUT2D eigenvalue weighted by Crippen LogP contribution is 2.39. The van der Waals surface area contributed by atoms with E-state index in [1.807, 2.05) is 0 Å². The molecule has 0 radical (unpaired) electrons. The van der Waals surface area contributed by atoms with E-state index in [-0.39, 0.29) is 11.1 Å². The maximum absolute atomic E-state index is 13.2. The van der Waals surface area contributed by atoms with Crippen molar-refractivity contribution < 1.29 is 59.5 Å². The number of aromatic hydroxyl groups is 4. The zero-order valence-electron chi connectivity index (χ0n) is 16.9. The summed E-state index contributed by atoms with van der Waals surface area (Å²) in [6, 6.07) is 5.13. The molecule has 1 aliphatic heterocycles. The summed E-state index contributed by atoms with van der Waals surface area (Å²) in [5.41, 5.74) is -1.40. The molecule has 13 nitrogen and oxygen atoms in total. The van der Waals surface area contributed by atoms with Gasteiger partial charge in [0.1, 0.15) is 40.8 Å². The van der Waals surface area contributed by atoms with Gasteiger partial charge < -0.3 is 54.7 Å². The van der Waals surface area contributed by atoms with E-state index in [9.17, 15) is 50.4 Å². The molecule has 8 N–H and O–H groups in total. The lowest BCUT2D eigenvalue weighted by atomic mass is 9.99. The number of hydrogen-bond acceptors (Lipinski definition) is 12. The van der Waals surface area contributed by atoms with Gasteiger partial charge in [0.15, 0.2) is 23.4 Å². The molecule has 1 fully saturated rings. The van der Waals surface area contributed by atoms with Crippen LogP contribution in [0, 0.1) is 0 Å². The normalized spacial score (nSPS) is 24.7. The molecule has 5 atom stereocenters. The van der Waals surface area contributed by atoms with Gasteiger partial charge in [0.2, 0.25) is 17.5 Å². The van der Waals surface area contributed by atoms with E-state index in [2.05, 4.69) is 0 Å². The van der Waals surface area contributed by atoms with Crippen molar-refractivity contribution in [2.45, 2.75) is 30.7 Å². The lowest BCUT2D eigenvalue weighted by molar-refractivity contribution is -0.271. The van der Waals surface area contributed by atoms with E-state index in [0.717, 1.165) is 24.3 Å². The van der Waals surface area contributed by atoms with Crippen LogP contribution in [0.1, 0.15) is 0 Å². The van der Waals surface area contributed by atoms with Crippen molar-refractivity contribution in [1.82, 2.24) is 0 Å². The van der Waals surface area contributed by atoms with Crippen molar-refractivity contribution in [3.8, 4) is 40.1 Å². The van der Waals surface area contributed by atoms with Crippen LogP contribution in [-0.2, 0) is 9.53 Å². The van der Waals surface area contributed by atoms with Gasteiger partial charge in [0.05, 0.1) is 0 Å². The molecule has 0 amide bonds. The number of fused-ring (bicyclic) bond motifs is 1. The molecule has 3 aromatic rings. The third-order valence-electron chi connectivity index (χ3n) is 5.20. The third kappa shape index (κ3) is 3.82. The Labute approximate surface area is 188 Å². The van der Waals surface area contributed by atoms with Crippen LogP contribution in [0.3, 0.4) is 0 Å². The second-order valence-corrected chi connectivity index (χ2v) is 7.48. The standard InChI is InChI=1S/C21H18O13/c22-7-4-10(25)12-11(5-7)32-17(6-1-2-8(23)9(24)3-6)18(13(12)26)33-21-16(29)14(27)15(28)19(34-21)20(30)31/h1-5,14-16,19,21-25,27-29H,(H,30,31)/t14-,15-,16+,19-,21+/m0/s1. The highest BCUT2D eigenvalue weighted by molar-refractivity contribution is 5.88. The topological polar surface area (TPSA) is 228 Å². The molecular weight excluding hydrogens is 460 g/mol. The molecule has 2 aromatic carbocycles. The van der Waals surface area contributed by atoms with Crippen molar-refractivity contribution in [2.75, 3.05) is 0 Å². The average Bonchev–Trinajstić information content (AvgIpc) is 2.76. The Morgan fingerprint density at radius 3 is 2.24 bits per heavy atom. The molecule has 4 rings (SSSR count). The van der Waals surface area contributed by atoms with E-state index >= 15 is 0 Å². The fraction of sp³-hybridized carbons (Fsp3) is 0.238. The van der Waals surface area contributed by atoms with Gasteiger partial charge in [0.25, 0.3) is 0 Å². The minimum Gasteiger partial charge on any atom is -0.508 e. The Bertz CT molecular complexity index is 1330. The van der Waals surface area contributed by atoms with Crippen LogP contribution < -0.4 is 10.2 Å². The Balaban J connectivity index is 1.91. The Kier molecular flexibility index (Phi) is 5.70. The lowest BCUT2D eigenvalue weighted by Gasteiger charge is -2.38. The van der Waals surface area contributed by atoms with Crippen LogP contribution in [0.15, 0.2) is 39.5 Å². The molecule has 1 aromatic heterocycles. The van der Waals surface area contributed by atoms with E-state index in [4.69, 9.17) is 13.9 Å². The Morgan fingerprint density at radius 1 is 0.882 bits per heavy atom. The van der Waals surface area contributed by atoms with Gasteiger partial charge in [-0.05, 0) is 18.2 Å². The van der Waals surface area contributed by atoms with E-state index in [1.54, 1.807) is 0 Å². The van der Waals surface area contributed by atoms with Gasteiger partial charge in [0, 0.05) is 17.7 Å². The molecule has 180 valence electrons. The number of carboxylic acids is 1. The molecule has 0 saturated carbocycles. The zero-order valence-corrected chi connectivity index (χ0v) is 16.9. The van der Waals surface area contributed by atoms with Crippen molar-refractivity contribution in [1.29, 1.82) is 0 Å². The minimum atomic E-state index is -2.03. The summed E-state index contributed by atoms with van der Waals surface area (Å²) in [6.45, 7) is 0. The summed E-state index contributed by atoms with van der Waals surface area (Å²) in [4.78, 5) is 24.6. The smallest absolute Gasteiger partial charge is 0.335 e. The highest BCUT2D eigenvalue weighted by Gasteiger charge is 2.48. The number of hydrogen-bond donors (Lipinski definition) is 8. The average molecular weight is 478 g/mol. The highest BCUT2D eigenvalue weighted by atomic mass is 16.7. The first-order chi connectivity index (χ1) is 16.0. The van der Waals surface area contributed by atoms with Crippen molar-refractivity contribution in [3.05, 3.63) is 40.6 Å². The molecule has 0 spiro atoms. The number of aliphatic carboxylic acids is 1. The molecule has 34 heavy (non-hydrogen) atoms. The van der Waals surface area contributed by atoms with Crippen LogP contribution in [0.4, 0.5) is 0 Å². The second-order valence-electron chi connectivity index (χ2n) is 7.48. The molecule has 0 aliphatic carbocycles. The molecule has 0 unspecified atom stereocenters. The monoisotopic (exact) mass is 478 g/mol. The summed E-state index contributed by atoms with van der Waals surface area (Å²) in [5, 5.41) is 78.3. The number of aliphatic hydroxyl groups excluding tert-OH is 3. The first-order valence-corrected chi connectivity index (χ1v) is 9.64. The van der Waals surface area contributed by atoms with Gasteiger partial charge >= 0.3 is 5.97 Å². The van der Waals surface area contributed by atoms with E-state index < -0.39 is 82.0 Å². The summed E-state index contributed by atoms with van der Waals surface area (Å²) in [7, 11) is 0. The van der Waals surface area contributed by atoms with Crippen LogP contribution >= 0.6 is 0 Å². The lowest BCUT2D eigenvalue weighted by Crippen LogP contribution is -2.61. The van der Waals surface area contributed by atoms with Gasteiger partial charge in [-0.3, -0.25) is 4.79 Å². The number of carbonyl (C=O) groups is 1. The van der Waals surface area contributed by atoms with Gasteiger partial charge in [-0.2, -0.15) is 0 Å². The number of benzene rings is 2. The van der Waals surface area contributed by atoms with Crippen molar-refractivity contribution >= 4 is 16.9 Å². The molecule has 0 bridgehead atoms. The predicted octanol–water partition coefficient (Wildman–Crippen LogP) is -0.447. The summed E-state index contributed by atoms with van der Waals surface area (Å²) in [5.74, 6) is -5.11. The number of phenolic OH excluding ortho intramolecular Hbond substituents is 4. The number of rotatable bonds is 4. The summed E-state index contributed by atoms with van der Waals surface area (Å²) in [6.07, 6.45) is -10.1. The first-order valence-electron chi connectivity index (χ1n) is 9.64. The Hall–Kier alpha value is -4.04. The van der Waals surface area contributed by atoms with Gasteiger partial charge in [-0.15, -0.1) is 0 Å². The number of ether oxygens (including phenoxy) is 2. The maximum Gasteiger partial charge on any atom is 0.335 e. The molecule has 1 aliphatic rings. The number of aliphatic hydroxyl groups is 3. The van der Waals surface area contributed by atoms with Gasteiger partial charge in [-0.25, -0.2) is 4.79 Å². The van der Waals surface area contributed by atoms with Crippen molar-refractivity contribution in [2.24, 2.45) is 0 Å². The summed E-state index contributed by atoms with van der Waals surface area (Å²) < 4.78 is 16.1. The zero-order chi connectivity index (χ0) is 24.9. The van der Waals surface area contributed by atoms with E-state index in [1.165, 1.54) is 6.07 Å². The van der Waals surface area contributed by atoms with Crippen LogP contribution in [-0.4, -0.2) is 77.5 Å². The fourth-order valence-corrected chi connectivity index (χ4v) is 3.50. The fourth-order valence-electron chi connectivity index (χ4n) is 3.50. The Morgan fingerprint density at radius 2 is 1.59 bits per heavy atom. The quantitative estimate of drug-likeness (QED) is 0.223. The number of phenols is 4. The van der Waals surface area contributed by atoms with Crippen LogP contribution in [0.25, 0.3) is 22.3 Å². The van der Waals surface area contributed by atoms with Crippen molar-refractivity contribution in [3.63, 3.8) is 0 Å². The molecule has 1 saturated heterocycles. The minimum absolute atomic E-state index is 0.0483. The molecule has 13 heteroatoms. The summed E-state index contributed by atoms with van der Waals surface area (Å²) >= 11 is 0. The first kappa shape index (κ1) is 23.1. The maximum atomic E-state index is 13.2. The van der Waals surface area contributed by atoms with Gasteiger partial charge in [-0.1, -0.05) is 0 Å². The number of carboxylic acid groups (broad SMARTS) is 1. The SMILES string of the molecule is O=C(O)[C@H]1O[C@@H](Oc2c(-c3ccc(O)c(O)c3)oc3cc(O)cc(O)c3c2=O)[C@H](O)[C@@H](O)[C@@H]1O. The largest absolute Gasteiger partial charge is 0.508 e. The molecular formula is C21H18O13. The molecule has 2 heterocycles. The second kappa shape index (κ2) is 8.39. The van der Waals surface area contributed by atoms with Crippen LogP contribution in [0.2, 0.25) is 0 Å².